The van der Waals surface area contributed by atoms with Crippen LogP contribution in [0.1, 0.15) is 18.5 Å². The van der Waals surface area contributed by atoms with Gasteiger partial charge in [0, 0.05) is 6.20 Å². The SMILES string of the molecule is COc1ccc(-n2c(=O)[nH]c3nc(N[C@H](C)c4ccc(F)cc4)ncc3c2=O)cc1. The third-order valence-electron chi connectivity index (χ3n) is 4.70. The lowest BCUT2D eigenvalue weighted by molar-refractivity contribution is 0.414. The van der Waals surface area contributed by atoms with Gasteiger partial charge in [-0.25, -0.2) is 18.7 Å². The number of aromatic nitrogens is 4. The van der Waals surface area contributed by atoms with E-state index in [9.17, 15) is 14.0 Å². The molecule has 0 saturated heterocycles. The molecule has 0 radical (unpaired) electrons. The summed E-state index contributed by atoms with van der Waals surface area (Å²) in [5.41, 5.74) is 0.212. The van der Waals surface area contributed by atoms with Crippen molar-refractivity contribution in [1.29, 1.82) is 0 Å². The molecule has 0 bridgehead atoms. The van der Waals surface area contributed by atoms with Gasteiger partial charge in [0.05, 0.1) is 18.8 Å². The first-order valence-electron chi connectivity index (χ1n) is 9.15. The number of nitrogens with zero attached hydrogens (tertiary/aromatic N) is 3. The molecule has 8 nitrogen and oxygen atoms in total. The monoisotopic (exact) mass is 407 g/mol. The number of nitrogens with one attached hydrogen (secondary N) is 2. The Morgan fingerprint density at radius 2 is 1.80 bits per heavy atom. The van der Waals surface area contributed by atoms with Crippen molar-refractivity contribution in [2.45, 2.75) is 13.0 Å². The minimum absolute atomic E-state index is 0.124. The second-order valence-corrected chi connectivity index (χ2v) is 6.64. The summed E-state index contributed by atoms with van der Waals surface area (Å²) in [7, 11) is 1.53. The first kappa shape index (κ1) is 19.3. The number of H-pyrrole nitrogens is 1. The van der Waals surface area contributed by atoms with Crippen molar-refractivity contribution in [2.75, 3.05) is 12.4 Å². The van der Waals surface area contributed by atoms with Gasteiger partial charge in [0.15, 0.2) is 5.65 Å². The van der Waals surface area contributed by atoms with Crippen LogP contribution in [0.2, 0.25) is 0 Å². The maximum absolute atomic E-state index is 13.1. The normalized spacial score (nSPS) is 12.0. The summed E-state index contributed by atoms with van der Waals surface area (Å²) in [6.45, 7) is 1.87. The summed E-state index contributed by atoms with van der Waals surface area (Å²) < 4.78 is 19.2. The lowest BCUT2D eigenvalue weighted by Gasteiger charge is -2.14. The molecule has 2 aromatic heterocycles. The minimum atomic E-state index is -0.617. The van der Waals surface area contributed by atoms with Crippen molar-refractivity contribution in [2.24, 2.45) is 0 Å². The predicted molar refractivity (Wildman–Crippen MR) is 111 cm³/mol. The Morgan fingerprint density at radius 1 is 1.10 bits per heavy atom. The van der Waals surface area contributed by atoms with Crippen LogP contribution in [0.25, 0.3) is 16.7 Å². The van der Waals surface area contributed by atoms with Crippen LogP contribution in [-0.2, 0) is 0 Å². The van der Waals surface area contributed by atoms with Crippen LogP contribution in [0.15, 0.2) is 64.3 Å². The summed E-state index contributed by atoms with van der Waals surface area (Å²) >= 11 is 0. The van der Waals surface area contributed by atoms with E-state index < -0.39 is 11.2 Å². The fourth-order valence-corrected chi connectivity index (χ4v) is 3.07. The summed E-state index contributed by atoms with van der Waals surface area (Å²) in [6.07, 6.45) is 1.36. The fourth-order valence-electron chi connectivity index (χ4n) is 3.07. The van der Waals surface area contributed by atoms with Gasteiger partial charge >= 0.3 is 5.69 Å². The molecule has 0 spiro atoms. The zero-order chi connectivity index (χ0) is 21.3. The van der Waals surface area contributed by atoms with E-state index in [0.717, 1.165) is 10.1 Å². The van der Waals surface area contributed by atoms with Crippen molar-refractivity contribution in [3.63, 3.8) is 0 Å². The molecule has 4 aromatic rings. The average molecular weight is 407 g/mol. The summed E-state index contributed by atoms with van der Waals surface area (Å²) in [5, 5.41) is 3.25. The molecule has 2 heterocycles. The number of fused-ring (bicyclic) bond motifs is 1. The molecule has 0 unspecified atom stereocenters. The minimum Gasteiger partial charge on any atom is -0.497 e. The van der Waals surface area contributed by atoms with Crippen LogP contribution >= 0.6 is 0 Å². The van der Waals surface area contributed by atoms with E-state index in [2.05, 4.69) is 20.3 Å². The van der Waals surface area contributed by atoms with Crippen LogP contribution in [-0.4, -0.2) is 26.6 Å². The molecule has 2 aromatic carbocycles. The lowest BCUT2D eigenvalue weighted by atomic mass is 10.1. The van der Waals surface area contributed by atoms with Gasteiger partial charge in [-0.1, -0.05) is 12.1 Å². The molecule has 0 fully saturated rings. The van der Waals surface area contributed by atoms with Crippen molar-refractivity contribution in [3.8, 4) is 11.4 Å². The second kappa shape index (κ2) is 7.78. The van der Waals surface area contributed by atoms with Gasteiger partial charge < -0.3 is 10.1 Å². The molecule has 0 aliphatic rings. The smallest absolute Gasteiger partial charge is 0.334 e. The van der Waals surface area contributed by atoms with Crippen LogP contribution < -0.4 is 21.3 Å². The molecular weight excluding hydrogens is 389 g/mol. The van der Waals surface area contributed by atoms with Gasteiger partial charge in [0.1, 0.15) is 17.0 Å². The van der Waals surface area contributed by atoms with E-state index in [1.54, 1.807) is 36.4 Å². The molecule has 0 saturated carbocycles. The van der Waals surface area contributed by atoms with Gasteiger partial charge in [0.25, 0.3) is 5.56 Å². The van der Waals surface area contributed by atoms with Crippen LogP contribution in [0.3, 0.4) is 0 Å². The lowest BCUT2D eigenvalue weighted by Crippen LogP contribution is -2.34. The molecule has 4 rings (SSSR count). The molecule has 152 valence electrons. The zero-order valence-electron chi connectivity index (χ0n) is 16.2. The number of benzene rings is 2. The molecule has 30 heavy (non-hydrogen) atoms. The van der Waals surface area contributed by atoms with E-state index >= 15 is 0 Å². The Morgan fingerprint density at radius 3 is 2.47 bits per heavy atom. The molecule has 0 amide bonds. The van der Waals surface area contributed by atoms with E-state index in [0.29, 0.717) is 11.4 Å². The number of anilines is 1. The Hall–Kier alpha value is -4.01. The highest BCUT2D eigenvalue weighted by Gasteiger charge is 2.13. The highest BCUT2D eigenvalue weighted by atomic mass is 19.1. The average Bonchev–Trinajstić information content (AvgIpc) is 2.74. The number of hydrogen-bond donors (Lipinski definition) is 2. The van der Waals surface area contributed by atoms with E-state index in [1.807, 2.05) is 6.92 Å². The number of methoxy groups -OCH3 is 1. The molecular formula is C21H18FN5O3. The van der Waals surface area contributed by atoms with E-state index in [1.165, 1.54) is 25.4 Å². The third-order valence-corrected chi connectivity index (χ3v) is 4.70. The number of halogens is 1. The van der Waals surface area contributed by atoms with Crippen molar-refractivity contribution >= 4 is 17.0 Å². The first-order chi connectivity index (χ1) is 14.5. The Labute approximate surface area is 170 Å². The van der Waals surface area contributed by atoms with Gasteiger partial charge in [-0.3, -0.25) is 9.78 Å². The van der Waals surface area contributed by atoms with Crippen LogP contribution in [0.5, 0.6) is 5.75 Å². The Balaban J connectivity index is 1.69. The number of ether oxygens (including phenoxy) is 1. The van der Waals surface area contributed by atoms with E-state index in [4.69, 9.17) is 4.74 Å². The predicted octanol–water partition coefficient (Wildman–Crippen LogP) is 2.79. The summed E-state index contributed by atoms with van der Waals surface area (Å²) in [6, 6.07) is 12.4. The fraction of sp³-hybridized carbons (Fsp3) is 0.143. The summed E-state index contributed by atoms with van der Waals surface area (Å²) in [5.74, 6) is 0.522. The van der Waals surface area contributed by atoms with Crippen molar-refractivity contribution in [3.05, 3.63) is 86.9 Å². The van der Waals surface area contributed by atoms with Crippen molar-refractivity contribution in [1.82, 2.24) is 19.5 Å². The van der Waals surface area contributed by atoms with Gasteiger partial charge in [-0.2, -0.15) is 4.98 Å². The first-order valence-corrected chi connectivity index (χ1v) is 9.15. The maximum atomic E-state index is 13.1. The molecule has 0 aliphatic carbocycles. The molecule has 2 N–H and O–H groups in total. The highest BCUT2D eigenvalue weighted by molar-refractivity contribution is 5.73. The Kier molecular flexibility index (Phi) is 5.01. The standard InChI is InChI=1S/C21H18FN5O3/c1-12(13-3-5-14(22)6-4-13)24-20-23-11-17-18(25-20)26-21(29)27(19(17)28)15-7-9-16(30-2)10-8-15/h3-12H,1-2H3,(H2,23,24,25,26,29)/t12-/m1/s1. The molecule has 9 heteroatoms. The number of aromatic amines is 1. The van der Waals surface area contributed by atoms with Crippen LogP contribution in [0.4, 0.5) is 10.3 Å². The summed E-state index contributed by atoms with van der Waals surface area (Å²) in [4.78, 5) is 36.5. The second-order valence-electron chi connectivity index (χ2n) is 6.64. The maximum Gasteiger partial charge on any atom is 0.334 e. The van der Waals surface area contributed by atoms with Gasteiger partial charge in [-0.05, 0) is 48.9 Å². The van der Waals surface area contributed by atoms with Gasteiger partial charge in [0.2, 0.25) is 5.95 Å². The number of hydrogen-bond acceptors (Lipinski definition) is 6. The largest absolute Gasteiger partial charge is 0.497 e. The highest BCUT2D eigenvalue weighted by Crippen LogP contribution is 2.18. The molecule has 0 aliphatic heterocycles. The quantitative estimate of drug-likeness (QED) is 0.528. The Bertz CT molecular complexity index is 1310. The molecule has 1 atom stereocenters. The zero-order valence-corrected chi connectivity index (χ0v) is 16.2. The van der Waals surface area contributed by atoms with Crippen molar-refractivity contribution < 1.29 is 9.13 Å². The van der Waals surface area contributed by atoms with Crippen LogP contribution in [0, 0.1) is 5.82 Å². The number of rotatable bonds is 5. The van der Waals surface area contributed by atoms with E-state index in [-0.39, 0.29) is 28.8 Å². The topological polar surface area (TPSA) is 102 Å². The van der Waals surface area contributed by atoms with Gasteiger partial charge in [-0.15, -0.1) is 0 Å². The third kappa shape index (κ3) is 3.64.